The van der Waals surface area contributed by atoms with Gasteiger partial charge in [0.25, 0.3) is 0 Å². The SMILES string of the molecule is CC(C)CN(CCN)CCCS(C)(=O)=O. The van der Waals surface area contributed by atoms with Gasteiger partial charge in [-0.3, -0.25) is 0 Å². The second kappa shape index (κ2) is 7.19. The van der Waals surface area contributed by atoms with E-state index in [-0.39, 0.29) is 5.75 Å². The standard InChI is InChI=1S/C10H24N2O2S/c1-10(2)9-12(7-5-11)6-4-8-15(3,13)14/h10H,4-9,11H2,1-3H3. The quantitative estimate of drug-likeness (QED) is 0.660. The highest BCUT2D eigenvalue weighted by Crippen LogP contribution is 2.00. The molecule has 0 unspecified atom stereocenters. The van der Waals surface area contributed by atoms with E-state index in [0.717, 1.165) is 19.6 Å². The molecule has 0 heterocycles. The van der Waals surface area contributed by atoms with Gasteiger partial charge < -0.3 is 10.6 Å². The Morgan fingerprint density at radius 3 is 2.27 bits per heavy atom. The third-order valence-corrected chi connectivity index (χ3v) is 3.09. The van der Waals surface area contributed by atoms with Crippen molar-refractivity contribution < 1.29 is 8.42 Å². The van der Waals surface area contributed by atoms with E-state index < -0.39 is 9.84 Å². The molecule has 0 saturated carbocycles. The largest absolute Gasteiger partial charge is 0.329 e. The van der Waals surface area contributed by atoms with E-state index in [1.807, 2.05) is 0 Å². The first-order valence-electron chi connectivity index (χ1n) is 5.45. The molecule has 0 bridgehead atoms. The maximum atomic E-state index is 10.9. The third kappa shape index (κ3) is 10.2. The van der Waals surface area contributed by atoms with Crippen LogP contribution in [0.5, 0.6) is 0 Å². The van der Waals surface area contributed by atoms with Gasteiger partial charge in [-0.25, -0.2) is 8.42 Å². The van der Waals surface area contributed by atoms with Crippen molar-refractivity contribution >= 4 is 9.84 Å². The fraction of sp³-hybridized carbons (Fsp3) is 1.00. The number of nitrogens with two attached hydrogens (primary N) is 1. The first-order valence-corrected chi connectivity index (χ1v) is 7.51. The van der Waals surface area contributed by atoms with Crippen molar-refractivity contribution in [3.8, 4) is 0 Å². The summed E-state index contributed by atoms with van der Waals surface area (Å²) in [5, 5.41) is 0. The van der Waals surface area contributed by atoms with E-state index in [0.29, 0.717) is 18.9 Å². The Labute approximate surface area is 93.7 Å². The lowest BCUT2D eigenvalue weighted by Gasteiger charge is -2.23. The van der Waals surface area contributed by atoms with Gasteiger partial charge in [-0.2, -0.15) is 0 Å². The van der Waals surface area contributed by atoms with Gasteiger partial charge in [-0.1, -0.05) is 13.8 Å². The smallest absolute Gasteiger partial charge is 0.147 e. The summed E-state index contributed by atoms with van der Waals surface area (Å²) in [6.45, 7) is 7.59. The molecule has 0 rings (SSSR count). The van der Waals surface area contributed by atoms with E-state index >= 15 is 0 Å². The first kappa shape index (κ1) is 14.9. The lowest BCUT2D eigenvalue weighted by atomic mass is 10.2. The maximum Gasteiger partial charge on any atom is 0.147 e. The van der Waals surface area contributed by atoms with E-state index in [1.165, 1.54) is 6.26 Å². The molecule has 4 nitrogen and oxygen atoms in total. The number of sulfone groups is 1. The minimum atomic E-state index is -2.82. The summed E-state index contributed by atoms with van der Waals surface area (Å²) in [5.41, 5.74) is 5.50. The zero-order valence-electron chi connectivity index (χ0n) is 10.1. The summed E-state index contributed by atoms with van der Waals surface area (Å²) in [6, 6.07) is 0. The normalized spacial score (nSPS) is 12.7. The number of hydrogen-bond acceptors (Lipinski definition) is 4. The summed E-state index contributed by atoms with van der Waals surface area (Å²) < 4.78 is 21.9. The van der Waals surface area contributed by atoms with Crippen LogP contribution in [-0.2, 0) is 9.84 Å². The number of rotatable bonds is 8. The molecule has 0 aromatic carbocycles. The Bertz CT molecular complexity index is 250. The lowest BCUT2D eigenvalue weighted by Crippen LogP contribution is -2.34. The molecule has 0 spiro atoms. The van der Waals surface area contributed by atoms with Crippen molar-refractivity contribution in [2.45, 2.75) is 20.3 Å². The van der Waals surface area contributed by atoms with Crippen molar-refractivity contribution in [2.24, 2.45) is 11.7 Å². The molecule has 0 radical (unpaired) electrons. The minimum Gasteiger partial charge on any atom is -0.329 e. The predicted octanol–water partition coefficient (Wildman–Crippen LogP) is 0.338. The van der Waals surface area contributed by atoms with Crippen molar-refractivity contribution in [2.75, 3.05) is 38.2 Å². The first-order chi connectivity index (χ1) is 6.85. The molecule has 0 aromatic rings. The molecule has 0 amide bonds. The van der Waals surface area contributed by atoms with Crippen LogP contribution >= 0.6 is 0 Å². The molecule has 92 valence electrons. The summed E-state index contributed by atoms with van der Waals surface area (Å²) in [6.07, 6.45) is 1.98. The Balaban J connectivity index is 3.85. The molecule has 0 aliphatic rings. The van der Waals surface area contributed by atoms with Gasteiger partial charge in [-0.05, 0) is 18.9 Å². The van der Waals surface area contributed by atoms with Gasteiger partial charge >= 0.3 is 0 Å². The molecule has 0 aliphatic heterocycles. The van der Waals surface area contributed by atoms with Crippen LogP contribution in [0.3, 0.4) is 0 Å². The average Bonchev–Trinajstić information content (AvgIpc) is 2.00. The van der Waals surface area contributed by atoms with E-state index in [9.17, 15) is 8.42 Å². The second-order valence-corrected chi connectivity index (χ2v) is 6.73. The van der Waals surface area contributed by atoms with Crippen LogP contribution in [0, 0.1) is 5.92 Å². The van der Waals surface area contributed by atoms with E-state index in [1.54, 1.807) is 0 Å². The topological polar surface area (TPSA) is 63.4 Å². The van der Waals surface area contributed by atoms with Crippen LogP contribution in [0.1, 0.15) is 20.3 Å². The highest BCUT2D eigenvalue weighted by Gasteiger charge is 2.08. The molecule has 0 aromatic heterocycles. The van der Waals surface area contributed by atoms with Crippen LogP contribution in [0.2, 0.25) is 0 Å². The average molecular weight is 236 g/mol. The van der Waals surface area contributed by atoms with Gasteiger partial charge in [0.05, 0.1) is 5.75 Å². The molecule has 5 heteroatoms. The van der Waals surface area contributed by atoms with Crippen molar-refractivity contribution in [3.63, 3.8) is 0 Å². The summed E-state index contributed by atoms with van der Waals surface area (Å²) in [7, 11) is -2.82. The van der Waals surface area contributed by atoms with Gasteiger partial charge in [0.15, 0.2) is 0 Å². The molecular weight excluding hydrogens is 212 g/mol. The van der Waals surface area contributed by atoms with Gasteiger partial charge in [0, 0.05) is 25.9 Å². The Morgan fingerprint density at radius 1 is 1.27 bits per heavy atom. The van der Waals surface area contributed by atoms with Crippen LogP contribution in [0.15, 0.2) is 0 Å². The summed E-state index contributed by atoms with van der Waals surface area (Å²) in [5.74, 6) is 0.862. The fourth-order valence-corrected chi connectivity index (χ4v) is 2.20. The van der Waals surface area contributed by atoms with Gasteiger partial charge in [0.1, 0.15) is 9.84 Å². The molecule has 15 heavy (non-hydrogen) atoms. The zero-order chi connectivity index (χ0) is 11.9. The molecule has 0 saturated heterocycles. The molecule has 2 N–H and O–H groups in total. The van der Waals surface area contributed by atoms with E-state index in [2.05, 4.69) is 18.7 Å². The van der Waals surface area contributed by atoms with Gasteiger partial charge in [0.2, 0.25) is 0 Å². The van der Waals surface area contributed by atoms with E-state index in [4.69, 9.17) is 5.73 Å². The molecule has 0 aliphatic carbocycles. The van der Waals surface area contributed by atoms with Gasteiger partial charge in [-0.15, -0.1) is 0 Å². The molecule has 0 atom stereocenters. The predicted molar refractivity (Wildman–Crippen MR) is 64.7 cm³/mol. The molecular formula is C10H24N2O2S. The fourth-order valence-electron chi connectivity index (χ4n) is 1.54. The highest BCUT2D eigenvalue weighted by atomic mass is 32.2. The van der Waals surface area contributed by atoms with Crippen molar-refractivity contribution in [1.82, 2.24) is 4.90 Å². The number of nitrogens with zero attached hydrogens (tertiary/aromatic N) is 1. The Kier molecular flexibility index (Phi) is 7.13. The number of hydrogen-bond donors (Lipinski definition) is 1. The highest BCUT2D eigenvalue weighted by molar-refractivity contribution is 7.90. The Hall–Kier alpha value is -0.130. The lowest BCUT2D eigenvalue weighted by molar-refractivity contribution is 0.251. The van der Waals surface area contributed by atoms with Crippen molar-refractivity contribution in [3.05, 3.63) is 0 Å². The third-order valence-electron chi connectivity index (χ3n) is 2.06. The summed E-state index contributed by atoms with van der Waals surface area (Å²) in [4.78, 5) is 2.23. The summed E-state index contributed by atoms with van der Waals surface area (Å²) >= 11 is 0. The molecule has 0 fully saturated rings. The maximum absolute atomic E-state index is 10.9. The van der Waals surface area contributed by atoms with Crippen LogP contribution in [0.4, 0.5) is 0 Å². The zero-order valence-corrected chi connectivity index (χ0v) is 10.9. The van der Waals surface area contributed by atoms with Crippen LogP contribution in [0.25, 0.3) is 0 Å². The van der Waals surface area contributed by atoms with Crippen molar-refractivity contribution in [1.29, 1.82) is 0 Å². The Morgan fingerprint density at radius 2 is 1.87 bits per heavy atom. The van der Waals surface area contributed by atoms with Crippen LogP contribution < -0.4 is 5.73 Å². The minimum absolute atomic E-state index is 0.270. The monoisotopic (exact) mass is 236 g/mol. The second-order valence-electron chi connectivity index (χ2n) is 4.47. The van der Waals surface area contributed by atoms with Crippen LogP contribution in [-0.4, -0.2) is 51.5 Å².